The van der Waals surface area contributed by atoms with Gasteiger partial charge in [-0.05, 0) is 24.1 Å². The summed E-state index contributed by atoms with van der Waals surface area (Å²) in [6.45, 7) is 1.96. The average molecular weight is 323 g/mol. The first-order valence-electron chi connectivity index (χ1n) is 7.14. The summed E-state index contributed by atoms with van der Waals surface area (Å²) in [5, 5.41) is 7.49. The number of aromatic nitrogens is 3. The Kier molecular flexibility index (Phi) is 5.38. The number of benzene rings is 1. The minimum atomic E-state index is -0.311. The molecule has 0 spiro atoms. The van der Waals surface area contributed by atoms with Gasteiger partial charge >= 0.3 is 5.69 Å². The Balaban J connectivity index is 2.07. The van der Waals surface area contributed by atoms with E-state index in [0.717, 1.165) is 23.1 Å². The van der Waals surface area contributed by atoms with E-state index in [-0.39, 0.29) is 24.2 Å². The molecular formula is C15H19ClN4O2. The molecule has 1 N–H and O–H groups in total. The smallest absolute Gasteiger partial charge is 0.345 e. The molecule has 0 radical (unpaired) electrons. The molecule has 1 aromatic carbocycles. The molecule has 0 aliphatic rings. The van der Waals surface area contributed by atoms with E-state index in [0.29, 0.717) is 5.02 Å². The zero-order valence-electron chi connectivity index (χ0n) is 12.6. The average Bonchev–Trinajstić information content (AvgIpc) is 2.80. The van der Waals surface area contributed by atoms with Gasteiger partial charge in [0.15, 0.2) is 0 Å². The summed E-state index contributed by atoms with van der Waals surface area (Å²) < 4.78 is 2.47. The number of nitrogens with one attached hydrogen (secondary N) is 1. The Hall–Kier alpha value is -2.08. The highest BCUT2D eigenvalue weighted by Gasteiger charge is 2.15. The Morgan fingerprint density at radius 1 is 1.36 bits per heavy atom. The lowest BCUT2D eigenvalue weighted by molar-refractivity contribution is -0.122. The van der Waals surface area contributed by atoms with Crippen molar-refractivity contribution in [1.82, 2.24) is 19.7 Å². The van der Waals surface area contributed by atoms with Gasteiger partial charge in [0.25, 0.3) is 0 Å². The maximum Gasteiger partial charge on any atom is 0.345 e. The maximum absolute atomic E-state index is 12.2. The SMILES string of the molecule is CCCC(NC(=O)Cn1ncn(C)c1=O)c1ccc(Cl)cc1. The third-order valence-electron chi connectivity index (χ3n) is 3.37. The van der Waals surface area contributed by atoms with Crippen molar-refractivity contribution in [1.29, 1.82) is 0 Å². The fourth-order valence-corrected chi connectivity index (χ4v) is 2.34. The number of carbonyl (C=O) groups excluding carboxylic acids is 1. The van der Waals surface area contributed by atoms with Crippen molar-refractivity contribution in [2.75, 3.05) is 0 Å². The minimum absolute atomic E-state index is 0.0898. The van der Waals surface area contributed by atoms with Crippen LogP contribution >= 0.6 is 11.6 Å². The summed E-state index contributed by atoms with van der Waals surface area (Å²) in [4.78, 5) is 23.8. The van der Waals surface area contributed by atoms with Crippen LogP contribution in [0.25, 0.3) is 0 Å². The van der Waals surface area contributed by atoms with Crippen molar-refractivity contribution in [2.24, 2.45) is 7.05 Å². The van der Waals surface area contributed by atoms with Crippen LogP contribution in [-0.4, -0.2) is 20.3 Å². The fraction of sp³-hybridized carbons (Fsp3) is 0.400. The second-order valence-corrected chi connectivity index (χ2v) is 5.58. The normalized spacial score (nSPS) is 12.1. The van der Waals surface area contributed by atoms with E-state index in [1.807, 2.05) is 12.1 Å². The summed E-state index contributed by atoms with van der Waals surface area (Å²) in [5.41, 5.74) is 0.682. The molecule has 0 saturated carbocycles. The number of hydrogen-bond acceptors (Lipinski definition) is 3. The van der Waals surface area contributed by atoms with Crippen molar-refractivity contribution >= 4 is 17.5 Å². The lowest BCUT2D eigenvalue weighted by Gasteiger charge is -2.18. The Labute approximate surface area is 133 Å². The molecule has 118 valence electrons. The van der Waals surface area contributed by atoms with E-state index < -0.39 is 0 Å². The fourth-order valence-electron chi connectivity index (χ4n) is 2.21. The monoisotopic (exact) mass is 322 g/mol. The second kappa shape index (κ2) is 7.26. The highest BCUT2D eigenvalue weighted by molar-refractivity contribution is 6.30. The molecule has 0 aliphatic heterocycles. The van der Waals surface area contributed by atoms with E-state index in [4.69, 9.17) is 11.6 Å². The zero-order valence-corrected chi connectivity index (χ0v) is 13.4. The lowest BCUT2D eigenvalue weighted by Crippen LogP contribution is -2.35. The molecule has 0 fully saturated rings. The largest absolute Gasteiger partial charge is 0.348 e. The number of halogens is 1. The number of amides is 1. The van der Waals surface area contributed by atoms with E-state index in [1.54, 1.807) is 19.2 Å². The molecule has 7 heteroatoms. The first-order valence-corrected chi connectivity index (χ1v) is 7.52. The van der Waals surface area contributed by atoms with Crippen LogP contribution in [0.5, 0.6) is 0 Å². The lowest BCUT2D eigenvalue weighted by atomic mass is 10.0. The van der Waals surface area contributed by atoms with Gasteiger partial charge in [0.2, 0.25) is 5.91 Å². The number of rotatable bonds is 6. The zero-order chi connectivity index (χ0) is 16.1. The first kappa shape index (κ1) is 16.3. The summed E-state index contributed by atoms with van der Waals surface area (Å²) in [7, 11) is 1.59. The maximum atomic E-state index is 12.2. The van der Waals surface area contributed by atoms with E-state index >= 15 is 0 Å². The van der Waals surface area contributed by atoms with Gasteiger partial charge in [0.1, 0.15) is 12.9 Å². The molecule has 1 heterocycles. The topological polar surface area (TPSA) is 68.9 Å². The van der Waals surface area contributed by atoms with Crippen molar-refractivity contribution < 1.29 is 4.79 Å². The Bertz CT molecular complexity index is 690. The van der Waals surface area contributed by atoms with Crippen LogP contribution in [0.1, 0.15) is 31.4 Å². The van der Waals surface area contributed by atoms with Crippen LogP contribution in [0, 0.1) is 0 Å². The highest BCUT2D eigenvalue weighted by Crippen LogP contribution is 2.20. The van der Waals surface area contributed by atoms with Gasteiger partial charge in [-0.25, -0.2) is 9.48 Å². The highest BCUT2D eigenvalue weighted by atomic mass is 35.5. The second-order valence-electron chi connectivity index (χ2n) is 5.14. The van der Waals surface area contributed by atoms with Gasteiger partial charge in [-0.1, -0.05) is 37.1 Å². The minimum Gasteiger partial charge on any atom is -0.348 e. The van der Waals surface area contributed by atoms with Crippen molar-refractivity contribution in [3.63, 3.8) is 0 Å². The van der Waals surface area contributed by atoms with Gasteiger partial charge in [-0.15, -0.1) is 0 Å². The third-order valence-corrected chi connectivity index (χ3v) is 3.62. The van der Waals surface area contributed by atoms with Gasteiger partial charge < -0.3 is 5.32 Å². The van der Waals surface area contributed by atoms with Gasteiger partial charge in [0.05, 0.1) is 6.04 Å². The van der Waals surface area contributed by atoms with Crippen LogP contribution in [0.4, 0.5) is 0 Å². The van der Waals surface area contributed by atoms with Crippen molar-refractivity contribution in [2.45, 2.75) is 32.4 Å². The molecular weight excluding hydrogens is 304 g/mol. The molecule has 1 atom stereocenters. The van der Waals surface area contributed by atoms with Gasteiger partial charge in [0, 0.05) is 12.1 Å². The molecule has 1 amide bonds. The predicted molar refractivity (Wildman–Crippen MR) is 84.7 cm³/mol. The molecule has 2 aromatic rings. The first-order chi connectivity index (χ1) is 10.5. The van der Waals surface area contributed by atoms with Crippen LogP contribution in [0.15, 0.2) is 35.4 Å². The predicted octanol–water partition coefficient (Wildman–Crippen LogP) is 1.89. The molecule has 0 aliphatic carbocycles. The van der Waals surface area contributed by atoms with E-state index in [9.17, 15) is 9.59 Å². The Morgan fingerprint density at radius 3 is 2.59 bits per heavy atom. The van der Waals surface area contributed by atoms with Gasteiger partial charge in [-0.3, -0.25) is 9.36 Å². The molecule has 1 aromatic heterocycles. The third kappa shape index (κ3) is 3.98. The molecule has 2 rings (SSSR count). The summed E-state index contributed by atoms with van der Waals surface area (Å²) in [5.74, 6) is -0.241. The number of aryl methyl sites for hydroxylation is 1. The molecule has 22 heavy (non-hydrogen) atoms. The van der Waals surface area contributed by atoms with E-state index in [2.05, 4.69) is 17.3 Å². The van der Waals surface area contributed by atoms with Crippen LogP contribution < -0.4 is 11.0 Å². The molecule has 6 nitrogen and oxygen atoms in total. The summed E-state index contributed by atoms with van der Waals surface area (Å²) >= 11 is 5.89. The van der Waals surface area contributed by atoms with Crippen LogP contribution in [0.3, 0.4) is 0 Å². The van der Waals surface area contributed by atoms with Gasteiger partial charge in [-0.2, -0.15) is 5.10 Å². The number of carbonyl (C=O) groups is 1. The molecule has 0 bridgehead atoms. The summed E-state index contributed by atoms with van der Waals surface area (Å²) in [6.07, 6.45) is 3.12. The Morgan fingerprint density at radius 2 is 2.05 bits per heavy atom. The molecule has 1 unspecified atom stereocenters. The number of nitrogens with zero attached hydrogens (tertiary/aromatic N) is 3. The summed E-state index contributed by atoms with van der Waals surface area (Å²) in [6, 6.07) is 7.30. The number of hydrogen-bond donors (Lipinski definition) is 1. The van der Waals surface area contributed by atoms with Crippen LogP contribution in [0.2, 0.25) is 5.02 Å². The standard InChI is InChI=1S/C15H19ClN4O2/c1-3-4-13(11-5-7-12(16)8-6-11)18-14(21)9-20-15(22)19(2)10-17-20/h5-8,10,13H,3-4,9H2,1-2H3,(H,18,21). The van der Waals surface area contributed by atoms with Crippen molar-refractivity contribution in [3.05, 3.63) is 51.7 Å². The quantitative estimate of drug-likeness (QED) is 0.883. The van der Waals surface area contributed by atoms with E-state index in [1.165, 1.54) is 10.9 Å². The van der Waals surface area contributed by atoms with Crippen LogP contribution in [-0.2, 0) is 18.4 Å². The van der Waals surface area contributed by atoms with Crippen molar-refractivity contribution in [3.8, 4) is 0 Å². The molecule has 0 saturated heterocycles.